The topological polar surface area (TPSA) is 59.3 Å². The monoisotopic (exact) mass is 239 g/mol. The lowest BCUT2D eigenvalue weighted by Gasteiger charge is -2.06. The smallest absolute Gasteiger partial charge is 0.320 e. The zero-order chi connectivity index (χ0) is 11.8. The molecule has 0 aliphatic heterocycles. The second-order valence-corrected chi connectivity index (χ2v) is 3.29. The minimum atomic E-state index is -0.540. The molecular formula is C11H10ClNO3. The first-order valence-electron chi connectivity index (χ1n) is 4.63. The third kappa shape index (κ3) is 4.67. The molecule has 0 fully saturated rings. The molecule has 0 N–H and O–H groups in total. The first-order valence-corrected chi connectivity index (χ1v) is 5.01. The fraction of sp³-hybridized carbons (Fsp3) is 0.273. The summed E-state index contributed by atoms with van der Waals surface area (Å²) in [5.41, 5.74) is 0. The number of halogens is 1. The van der Waals surface area contributed by atoms with Crippen molar-refractivity contribution in [2.45, 2.75) is 6.42 Å². The van der Waals surface area contributed by atoms with E-state index in [1.165, 1.54) is 0 Å². The van der Waals surface area contributed by atoms with Crippen molar-refractivity contribution in [3.05, 3.63) is 29.3 Å². The number of carbonyl (C=O) groups excluding carboxylic acids is 1. The van der Waals surface area contributed by atoms with Crippen LogP contribution in [0, 0.1) is 11.3 Å². The van der Waals surface area contributed by atoms with Gasteiger partial charge in [-0.25, -0.2) is 0 Å². The number of nitriles is 1. The molecule has 0 bridgehead atoms. The van der Waals surface area contributed by atoms with Gasteiger partial charge in [0.05, 0.1) is 6.07 Å². The van der Waals surface area contributed by atoms with Gasteiger partial charge in [-0.15, -0.1) is 0 Å². The Morgan fingerprint density at radius 2 is 2.00 bits per heavy atom. The van der Waals surface area contributed by atoms with E-state index in [0.29, 0.717) is 10.8 Å². The molecule has 1 rings (SSSR count). The van der Waals surface area contributed by atoms with Crippen LogP contribution in [0.5, 0.6) is 5.75 Å². The molecule has 0 saturated carbocycles. The van der Waals surface area contributed by atoms with E-state index in [4.69, 9.17) is 26.3 Å². The number of carbonyl (C=O) groups is 1. The van der Waals surface area contributed by atoms with Crippen molar-refractivity contribution in [1.82, 2.24) is 0 Å². The molecule has 0 aliphatic carbocycles. The van der Waals surface area contributed by atoms with Crippen LogP contribution in [0.1, 0.15) is 6.42 Å². The highest BCUT2D eigenvalue weighted by Crippen LogP contribution is 2.15. The largest absolute Gasteiger partial charge is 0.490 e. The molecule has 84 valence electrons. The van der Waals surface area contributed by atoms with Gasteiger partial charge in [-0.1, -0.05) is 11.6 Å². The number of hydrogen-bond donors (Lipinski definition) is 0. The van der Waals surface area contributed by atoms with E-state index in [-0.39, 0.29) is 19.6 Å². The minimum absolute atomic E-state index is 0.128. The molecule has 4 nitrogen and oxygen atoms in total. The van der Waals surface area contributed by atoms with Crippen LogP contribution < -0.4 is 4.74 Å². The molecule has 0 atom stereocenters. The standard InChI is InChI=1S/C11H10ClNO3/c12-9-1-3-10(4-2-9)15-7-8-16-11(14)5-6-13/h1-4H,5,7-8H2. The predicted octanol–water partition coefficient (Wildman–Crippen LogP) is 2.18. The van der Waals surface area contributed by atoms with Gasteiger partial charge >= 0.3 is 5.97 Å². The highest BCUT2D eigenvalue weighted by atomic mass is 35.5. The van der Waals surface area contributed by atoms with Crippen LogP contribution in [0.15, 0.2) is 24.3 Å². The Bertz CT molecular complexity index is 383. The van der Waals surface area contributed by atoms with Crippen molar-refractivity contribution in [3.63, 3.8) is 0 Å². The highest BCUT2D eigenvalue weighted by molar-refractivity contribution is 6.30. The van der Waals surface area contributed by atoms with Crippen LogP contribution in [0.3, 0.4) is 0 Å². The molecular weight excluding hydrogens is 230 g/mol. The van der Waals surface area contributed by atoms with Gasteiger partial charge in [-0.3, -0.25) is 4.79 Å². The van der Waals surface area contributed by atoms with Gasteiger partial charge in [-0.05, 0) is 24.3 Å². The molecule has 0 spiro atoms. The predicted molar refractivity (Wildman–Crippen MR) is 58.1 cm³/mol. The molecule has 0 radical (unpaired) electrons. The molecule has 0 unspecified atom stereocenters. The average molecular weight is 240 g/mol. The van der Waals surface area contributed by atoms with Crippen molar-refractivity contribution in [1.29, 1.82) is 5.26 Å². The van der Waals surface area contributed by atoms with E-state index in [1.54, 1.807) is 30.3 Å². The Morgan fingerprint density at radius 3 is 2.62 bits per heavy atom. The van der Waals surface area contributed by atoms with Gasteiger partial charge in [0.15, 0.2) is 0 Å². The summed E-state index contributed by atoms with van der Waals surface area (Å²) in [6.45, 7) is 0.377. The van der Waals surface area contributed by atoms with Crippen molar-refractivity contribution < 1.29 is 14.3 Å². The Balaban J connectivity index is 2.19. The van der Waals surface area contributed by atoms with Gasteiger partial charge in [0.25, 0.3) is 0 Å². The van der Waals surface area contributed by atoms with Gasteiger partial charge in [0.1, 0.15) is 25.4 Å². The number of ether oxygens (including phenoxy) is 2. The Hall–Kier alpha value is -1.73. The Labute approximate surface area is 98.3 Å². The SMILES string of the molecule is N#CCC(=O)OCCOc1ccc(Cl)cc1. The second kappa shape index (κ2) is 6.70. The fourth-order valence-corrected chi connectivity index (χ4v) is 1.09. The maximum absolute atomic E-state index is 10.8. The summed E-state index contributed by atoms with van der Waals surface area (Å²) in [6.07, 6.45) is -0.235. The number of esters is 1. The molecule has 0 saturated heterocycles. The summed E-state index contributed by atoms with van der Waals surface area (Å²) in [4.78, 5) is 10.8. The van der Waals surface area contributed by atoms with Crippen LogP contribution in [0.25, 0.3) is 0 Å². The molecule has 16 heavy (non-hydrogen) atoms. The Kier molecular flexibility index (Phi) is 5.17. The lowest BCUT2D eigenvalue weighted by molar-refractivity contribution is -0.143. The third-order valence-electron chi connectivity index (χ3n) is 1.65. The number of hydrogen-bond acceptors (Lipinski definition) is 4. The lowest BCUT2D eigenvalue weighted by atomic mass is 10.3. The van der Waals surface area contributed by atoms with Crippen LogP contribution >= 0.6 is 11.6 Å². The summed E-state index contributed by atoms with van der Waals surface area (Å²) in [5, 5.41) is 8.83. The van der Waals surface area contributed by atoms with Gasteiger partial charge in [0, 0.05) is 5.02 Å². The first-order chi connectivity index (χ1) is 7.72. The molecule has 0 aliphatic rings. The van der Waals surface area contributed by atoms with Crippen LogP contribution in [0.4, 0.5) is 0 Å². The van der Waals surface area contributed by atoms with Gasteiger partial charge < -0.3 is 9.47 Å². The summed E-state index contributed by atoms with van der Waals surface area (Å²) >= 11 is 5.69. The summed E-state index contributed by atoms with van der Waals surface area (Å²) < 4.78 is 9.99. The van der Waals surface area contributed by atoms with E-state index >= 15 is 0 Å². The van der Waals surface area contributed by atoms with Crippen molar-refractivity contribution in [2.24, 2.45) is 0 Å². The summed E-state index contributed by atoms with van der Waals surface area (Å²) in [5.74, 6) is 0.114. The number of rotatable bonds is 5. The summed E-state index contributed by atoms with van der Waals surface area (Å²) in [7, 11) is 0. The fourth-order valence-electron chi connectivity index (χ4n) is 0.961. The number of nitrogens with zero attached hydrogens (tertiary/aromatic N) is 1. The second-order valence-electron chi connectivity index (χ2n) is 2.86. The zero-order valence-electron chi connectivity index (χ0n) is 8.48. The first kappa shape index (κ1) is 12.3. The van der Waals surface area contributed by atoms with Crippen molar-refractivity contribution >= 4 is 17.6 Å². The summed E-state index contributed by atoms with van der Waals surface area (Å²) in [6, 6.07) is 8.56. The minimum Gasteiger partial charge on any atom is -0.490 e. The van der Waals surface area contributed by atoms with Crippen LogP contribution in [-0.4, -0.2) is 19.2 Å². The van der Waals surface area contributed by atoms with Crippen molar-refractivity contribution in [3.8, 4) is 11.8 Å². The third-order valence-corrected chi connectivity index (χ3v) is 1.90. The van der Waals surface area contributed by atoms with E-state index < -0.39 is 5.97 Å². The molecule has 0 aromatic heterocycles. The molecule has 0 amide bonds. The van der Waals surface area contributed by atoms with Crippen LogP contribution in [-0.2, 0) is 9.53 Å². The maximum Gasteiger partial charge on any atom is 0.320 e. The number of benzene rings is 1. The lowest BCUT2D eigenvalue weighted by Crippen LogP contribution is -2.11. The zero-order valence-corrected chi connectivity index (χ0v) is 9.24. The van der Waals surface area contributed by atoms with Gasteiger partial charge in [-0.2, -0.15) is 5.26 Å². The van der Waals surface area contributed by atoms with E-state index in [9.17, 15) is 4.79 Å². The maximum atomic E-state index is 10.8. The Morgan fingerprint density at radius 1 is 1.31 bits per heavy atom. The van der Waals surface area contributed by atoms with Crippen molar-refractivity contribution in [2.75, 3.05) is 13.2 Å². The van der Waals surface area contributed by atoms with Crippen LogP contribution in [0.2, 0.25) is 5.02 Å². The van der Waals surface area contributed by atoms with Gasteiger partial charge in [0.2, 0.25) is 0 Å². The molecule has 1 aromatic rings. The van der Waals surface area contributed by atoms with E-state index in [1.807, 2.05) is 0 Å². The molecule has 0 heterocycles. The van der Waals surface area contributed by atoms with E-state index in [2.05, 4.69) is 0 Å². The molecule has 1 aromatic carbocycles. The quantitative estimate of drug-likeness (QED) is 0.584. The highest BCUT2D eigenvalue weighted by Gasteiger charge is 2.00. The van der Waals surface area contributed by atoms with E-state index in [0.717, 1.165) is 0 Å². The average Bonchev–Trinajstić information content (AvgIpc) is 2.27. The molecule has 5 heteroatoms. The normalized spacial score (nSPS) is 9.25.